The van der Waals surface area contributed by atoms with Crippen LogP contribution in [0.25, 0.3) is 74.7 Å². The SMILES string of the molecule is [2H]c1c([2H])c([2H])c2c(-c3cccc4ccccc34)c3c([2H])c([2H])c([2H])c([2H])c3c(-c3ccc4c(c3)sc3ccccc34)c2c1[2H]. The number of fused-ring (bicyclic) bond motifs is 6. The van der Waals surface area contributed by atoms with Gasteiger partial charge in [0.15, 0.2) is 0 Å². The Morgan fingerprint density at radius 3 is 1.81 bits per heavy atom. The molecule has 172 valence electrons. The molecule has 37 heavy (non-hydrogen) atoms. The molecule has 0 aliphatic rings. The number of thiophene rings is 1. The molecule has 0 nitrogen and oxygen atoms in total. The fourth-order valence-corrected chi connectivity index (χ4v) is 6.65. The van der Waals surface area contributed by atoms with Crippen LogP contribution in [-0.4, -0.2) is 0 Å². The van der Waals surface area contributed by atoms with E-state index in [-0.39, 0.29) is 45.7 Å². The van der Waals surface area contributed by atoms with Gasteiger partial charge in [0.05, 0.1) is 11.0 Å². The maximum Gasteiger partial charge on any atom is 0.0629 e. The van der Waals surface area contributed by atoms with Crippen molar-refractivity contribution in [1.29, 1.82) is 0 Å². The van der Waals surface area contributed by atoms with Crippen molar-refractivity contribution in [1.82, 2.24) is 0 Å². The van der Waals surface area contributed by atoms with Crippen LogP contribution in [0.15, 0.2) is 133 Å². The van der Waals surface area contributed by atoms with Gasteiger partial charge in [-0.05, 0) is 66.7 Å². The van der Waals surface area contributed by atoms with Gasteiger partial charge < -0.3 is 0 Å². The second-order valence-corrected chi connectivity index (χ2v) is 10.2. The van der Waals surface area contributed by atoms with Crippen molar-refractivity contribution in [2.45, 2.75) is 0 Å². The van der Waals surface area contributed by atoms with Crippen molar-refractivity contribution < 1.29 is 11.0 Å². The minimum Gasteiger partial charge on any atom is -0.135 e. The van der Waals surface area contributed by atoms with Gasteiger partial charge in [0.1, 0.15) is 0 Å². The second kappa shape index (κ2) is 8.03. The summed E-state index contributed by atoms with van der Waals surface area (Å²) in [5.74, 6) is 0. The second-order valence-electron chi connectivity index (χ2n) is 9.09. The molecule has 0 bridgehead atoms. The standard InChI is InChI=1S/C36H22S/c1-2-12-25-23(10-1)11-9-18-28(25)36-31-16-5-3-14-29(31)35(30-15-4-6-17-32(30)36)24-20-21-27-26-13-7-8-19-33(26)37-34(27)22-24/h1-22H/i3D,4D,5D,6D,14D,15D,16D,17D. The largest absolute Gasteiger partial charge is 0.135 e. The van der Waals surface area contributed by atoms with Crippen LogP contribution in [0.3, 0.4) is 0 Å². The zero-order valence-electron chi connectivity index (χ0n) is 27.5. The lowest BCUT2D eigenvalue weighted by atomic mass is 9.84. The van der Waals surface area contributed by atoms with Crippen molar-refractivity contribution >= 4 is 63.8 Å². The molecule has 1 aromatic heterocycles. The Balaban J connectivity index is 1.68. The average molecular weight is 495 g/mol. The molecule has 0 fully saturated rings. The summed E-state index contributed by atoms with van der Waals surface area (Å²) >= 11 is 1.61. The maximum absolute atomic E-state index is 9.20. The van der Waals surface area contributed by atoms with E-state index in [1.807, 2.05) is 72.8 Å². The molecule has 0 saturated heterocycles. The Bertz CT molecular complexity index is 2500. The number of hydrogen-bond donors (Lipinski definition) is 0. The topological polar surface area (TPSA) is 0 Å². The van der Waals surface area contributed by atoms with Gasteiger partial charge >= 0.3 is 0 Å². The Morgan fingerprint density at radius 2 is 1.05 bits per heavy atom. The van der Waals surface area contributed by atoms with E-state index in [1.54, 1.807) is 11.3 Å². The van der Waals surface area contributed by atoms with Gasteiger partial charge in [-0.15, -0.1) is 11.3 Å². The summed E-state index contributed by atoms with van der Waals surface area (Å²) in [6, 6.07) is 24.6. The van der Waals surface area contributed by atoms with Crippen LogP contribution in [0.4, 0.5) is 0 Å². The van der Waals surface area contributed by atoms with Gasteiger partial charge in [-0.25, -0.2) is 0 Å². The van der Waals surface area contributed by atoms with Gasteiger partial charge in [-0.2, -0.15) is 0 Å². The number of benzene rings is 7. The zero-order valence-corrected chi connectivity index (χ0v) is 20.3. The summed E-state index contributed by atoms with van der Waals surface area (Å²) in [6.45, 7) is 0. The van der Waals surface area contributed by atoms with E-state index in [0.717, 1.165) is 30.9 Å². The van der Waals surface area contributed by atoms with Crippen LogP contribution in [0.5, 0.6) is 0 Å². The molecule has 0 N–H and O–H groups in total. The minimum atomic E-state index is -0.403. The molecule has 0 amide bonds. The molecule has 7 aromatic carbocycles. The summed E-state index contributed by atoms with van der Waals surface area (Å²) in [5.41, 5.74) is 1.97. The first kappa shape index (κ1) is 14.3. The van der Waals surface area contributed by atoms with E-state index < -0.39 is 24.2 Å². The molecule has 8 aromatic rings. The van der Waals surface area contributed by atoms with E-state index in [4.69, 9.17) is 5.48 Å². The molecule has 1 heterocycles. The number of rotatable bonds is 2. The van der Waals surface area contributed by atoms with Gasteiger partial charge in [0, 0.05) is 20.2 Å². The van der Waals surface area contributed by atoms with E-state index in [1.165, 1.54) is 0 Å². The van der Waals surface area contributed by atoms with Crippen LogP contribution in [0.2, 0.25) is 0 Å². The average Bonchev–Trinajstić information content (AvgIpc) is 3.44. The molecule has 8 rings (SSSR count). The summed E-state index contributed by atoms with van der Waals surface area (Å²) < 4.78 is 73.6. The van der Waals surface area contributed by atoms with Crippen LogP contribution in [0.1, 0.15) is 11.0 Å². The molecule has 0 aliphatic carbocycles. The third kappa shape index (κ3) is 3.08. The highest BCUT2D eigenvalue weighted by molar-refractivity contribution is 7.25. The third-order valence-corrected chi connectivity index (χ3v) is 8.23. The highest BCUT2D eigenvalue weighted by Gasteiger charge is 2.18. The van der Waals surface area contributed by atoms with Crippen molar-refractivity contribution in [3.05, 3.63) is 133 Å². The van der Waals surface area contributed by atoms with Crippen molar-refractivity contribution in [2.24, 2.45) is 0 Å². The lowest BCUT2D eigenvalue weighted by molar-refractivity contribution is 1.69. The summed E-state index contributed by atoms with van der Waals surface area (Å²) in [4.78, 5) is 0. The Hall–Kier alpha value is -4.46. The summed E-state index contributed by atoms with van der Waals surface area (Å²) in [6.07, 6.45) is 0. The first-order chi connectivity index (χ1) is 21.7. The first-order valence-corrected chi connectivity index (χ1v) is 12.9. The lowest BCUT2D eigenvalue weighted by Crippen LogP contribution is -1.91. The molecule has 0 aliphatic heterocycles. The predicted octanol–water partition coefficient (Wildman–Crippen LogP) is 10.8. The van der Waals surface area contributed by atoms with Gasteiger partial charge in [-0.1, -0.05) is 121 Å². The highest BCUT2D eigenvalue weighted by atomic mass is 32.1. The van der Waals surface area contributed by atoms with Gasteiger partial charge in [-0.3, -0.25) is 0 Å². The normalized spacial score (nSPS) is 14.8. The molecule has 0 unspecified atom stereocenters. The lowest BCUT2D eigenvalue weighted by Gasteiger charge is -2.18. The van der Waals surface area contributed by atoms with Crippen molar-refractivity contribution in [2.75, 3.05) is 0 Å². The zero-order chi connectivity index (χ0) is 31.3. The Kier molecular flexibility index (Phi) is 3.11. The predicted molar refractivity (Wildman–Crippen MR) is 163 cm³/mol. The van der Waals surface area contributed by atoms with Crippen molar-refractivity contribution in [3.8, 4) is 22.3 Å². The molecule has 0 spiro atoms. The third-order valence-electron chi connectivity index (χ3n) is 7.10. The minimum absolute atomic E-state index is 0.223. The monoisotopic (exact) mass is 494 g/mol. The van der Waals surface area contributed by atoms with E-state index in [9.17, 15) is 5.48 Å². The van der Waals surface area contributed by atoms with Crippen LogP contribution in [-0.2, 0) is 0 Å². The van der Waals surface area contributed by atoms with Gasteiger partial charge in [0.25, 0.3) is 0 Å². The molecular formula is C36H22S. The Morgan fingerprint density at radius 1 is 0.459 bits per heavy atom. The molecular weight excluding hydrogens is 464 g/mol. The van der Waals surface area contributed by atoms with E-state index in [0.29, 0.717) is 22.3 Å². The van der Waals surface area contributed by atoms with Crippen LogP contribution in [0, 0.1) is 0 Å². The van der Waals surface area contributed by atoms with Crippen molar-refractivity contribution in [3.63, 3.8) is 0 Å². The fraction of sp³-hybridized carbons (Fsp3) is 0. The molecule has 0 radical (unpaired) electrons. The summed E-state index contributed by atoms with van der Waals surface area (Å²) in [5, 5.41) is 4.75. The Labute approximate surface area is 230 Å². The smallest absolute Gasteiger partial charge is 0.0629 e. The van der Waals surface area contributed by atoms with Crippen LogP contribution >= 0.6 is 11.3 Å². The first-order valence-electron chi connectivity index (χ1n) is 16.0. The fourth-order valence-electron chi connectivity index (χ4n) is 5.51. The van der Waals surface area contributed by atoms with Crippen LogP contribution < -0.4 is 0 Å². The van der Waals surface area contributed by atoms with E-state index in [2.05, 4.69) is 12.1 Å². The molecule has 1 heteroatoms. The number of hydrogen-bond acceptors (Lipinski definition) is 1. The summed E-state index contributed by atoms with van der Waals surface area (Å²) in [7, 11) is 0. The quantitative estimate of drug-likeness (QED) is 0.210. The molecule has 0 saturated carbocycles. The maximum atomic E-state index is 9.20. The molecule has 0 atom stereocenters. The van der Waals surface area contributed by atoms with Gasteiger partial charge in [0.2, 0.25) is 0 Å². The van der Waals surface area contributed by atoms with E-state index >= 15 is 0 Å². The highest BCUT2D eigenvalue weighted by Crippen LogP contribution is 2.46.